The van der Waals surface area contributed by atoms with Crippen molar-refractivity contribution in [3.05, 3.63) is 52.5 Å². The minimum absolute atomic E-state index is 0.0357. The summed E-state index contributed by atoms with van der Waals surface area (Å²) >= 11 is 12.3. The number of amides is 1. The van der Waals surface area contributed by atoms with Crippen molar-refractivity contribution >= 4 is 52.0 Å². The van der Waals surface area contributed by atoms with Crippen LogP contribution < -0.4 is 16.2 Å². The molecule has 1 aliphatic rings. The molecule has 1 aliphatic heterocycles. The summed E-state index contributed by atoms with van der Waals surface area (Å²) < 4.78 is 0. The van der Waals surface area contributed by atoms with Crippen molar-refractivity contribution in [1.82, 2.24) is 5.43 Å². The van der Waals surface area contributed by atoms with Crippen LogP contribution in [0.3, 0.4) is 0 Å². The van der Waals surface area contributed by atoms with E-state index in [1.807, 2.05) is 6.07 Å². The first-order valence-electron chi connectivity index (χ1n) is 6.51. The fourth-order valence-electron chi connectivity index (χ4n) is 2.29. The van der Waals surface area contributed by atoms with Gasteiger partial charge in [-0.1, -0.05) is 35.3 Å². The molecule has 0 aliphatic carbocycles. The third kappa shape index (κ3) is 2.66. The largest absolute Gasteiger partial charge is 0.312 e. The van der Waals surface area contributed by atoms with Gasteiger partial charge in [0.15, 0.2) is 0 Å². The van der Waals surface area contributed by atoms with Gasteiger partial charge in [-0.25, -0.2) is 10.8 Å². The monoisotopic (exact) mass is 334 g/mol. The molecule has 2 aromatic rings. The van der Waals surface area contributed by atoms with Gasteiger partial charge < -0.3 is 5.43 Å². The maximum absolute atomic E-state index is 12.7. The van der Waals surface area contributed by atoms with Crippen LogP contribution >= 0.6 is 23.2 Å². The van der Waals surface area contributed by atoms with Crippen LogP contribution in [0.25, 0.3) is 0 Å². The van der Waals surface area contributed by atoms with E-state index in [-0.39, 0.29) is 12.3 Å². The van der Waals surface area contributed by atoms with Crippen LogP contribution in [-0.2, 0) is 4.79 Å². The molecule has 1 amide bonds. The number of carbonyl (C=O) groups is 1. The van der Waals surface area contributed by atoms with Gasteiger partial charge in [0.1, 0.15) is 5.84 Å². The minimum atomic E-state index is -0.203. The molecule has 0 atom stereocenters. The van der Waals surface area contributed by atoms with E-state index in [4.69, 9.17) is 29.0 Å². The second-order valence-corrected chi connectivity index (χ2v) is 5.54. The third-order valence-electron chi connectivity index (χ3n) is 3.26. The van der Waals surface area contributed by atoms with Crippen LogP contribution in [-0.4, -0.2) is 11.7 Å². The predicted octanol–water partition coefficient (Wildman–Crippen LogP) is 3.56. The first kappa shape index (κ1) is 14.8. The van der Waals surface area contributed by atoms with Gasteiger partial charge in [-0.3, -0.25) is 9.69 Å². The molecule has 1 heterocycles. The van der Waals surface area contributed by atoms with Crippen molar-refractivity contribution in [2.24, 2.45) is 10.8 Å². The minimum Gasteiger partial charge on any atom is -0.312 e. The summed E-state index contributed by atoms with van der Waals surface area (Å²) in [7, 11) is 0. The van der Waals surface area contributed by atoms with Crippen molar-refractivity contribution in [2.75, 3.05) is 4.90 Å². The van der Waals surface area contributed by atoms with Gasteiger partial charge in [-0.15, -0.1) is 0 Å². The van der Waals surface area contributed by atoms with Crippen LogP contribution in [0.1, 0.15) is 6.42 Å². The zero-order chi connectivity index (χ0) is 15.7. The van der Waals surface area contributed by atoms with Crippen molar-refractivity contribution in [1.29, 1.82) is 0 Å². The van der Waals surface area contributed by atoms with E-state index in [1.54, 1.807) is 36.4 Å². The van der Waals surface area contributed by atoms with Crippen LogP contribution in [0.2, 0.25) is 10.0 Å². The molecule has 0 saturated carbocycles. The molecular weight excluding hydrogens is 323 g/mol. The van der Waals surface area contributed by atoms with Gasteiger partial charge in [0.05, 0.1) is 28.5 Å². The average molecular weight is 335 g/mol. The number of fused-ring (bicyclic) bond motifs is 1. The molecule has 0 spiro atoms. The number of hydrogen-bond acceptors (Lipinski definition) is 4. The van der Waals surface area contributed by atoms with Gasteiger partial charge in [0.25, 0.3) is 0 Å². The Morgan fingerprint density at radius 1 is 1.14 bits per heavy atom. The van der Waals surface area contributed by atoms with E-state index in [0.717, 1.165) is 0 Å². The fourth-order valence-corrected chi connectivity index (χ4v) is 2.68. The summed E-state index contributed by atoms with van der Waals surface area (Å²) in [5.74, 6) is 5.61. The quantitative estimate of drug-likeness (QED) is 0.618. The number of nitrogens with two attached hydrogens (primary N) is 1. The summed E-state index contributed by atoms with van der Waals surface area (Å²) in [5, 5.41) is 0.967. The van der Waals surface area contributed by atoms with E-state index in [9.17, 15) is 4.79 Å². The van der Waals surface area contributed by atoms with E-state index in [0.29, 0.717) is 32.9 Å². The first-order valence-corrected chi connectivity index (χ1v) is 7.27. The lowest BCUT2D eigenvalue weighted by Crippen LogP contribution is -2.35. The second-order valence-electron chi connectivity index (χ2n) is 4.69. The highest BCUT2D eigenvalue weighted by molar-refractivity contribution is 6.35. The topological polar surface area (TPSA) is 70.7 Å². The van der Waals surface area contributed by atoms with E-state index >= 15 is 0 Å². The Kier molecular flexibility index (Phi) is 4.02. The summed E-state index contributed by atoms with van der Waals surface area (Å²) in [4.78, 5) is 18.5. The fraction of sp³-hybridized carbons (Fsp3) is 0.0667. The Balaban J connectivity index is 2.23. The molecule has 22 heavy (non-hydrogen) atoms. The Bertz CT molecular complexity index is 776. The highest BCUT2D eigenvalue weighted by Gasteiger charge is 2.27. The second kappa shape index (κ2) is 5.96. The molecule has 0 aromatic heterocycles. The molecule has 7 heteroatoms. The SMILES string of the molecule is NNC1=Nc2ccc(Cl)cc2N(c2ccccc2Cl)C(=O)C1. The molecule has 0 bridgehead atoms. The number of hydrogen-bond donors (Lipinski definition) is 2. The zero-order valence-corrected chi connectivity index (χ0v) is 12.9. The lowest BCUT2D eigenvalue weighted by Gasteiger charge is -2.23. The lowest BCUT2D eigenvalue weighted by molar-refractivity contribution is -0.116. The normalized spacial score (nSPS) is 14.2. The van der Waals surface area contributed by atoms with Gasteiger partial charge in [0, 0.05) is 5.02 Å². The van der Waals surface area contributed by atoms with Crippen molar-refractivity contribution < 1.29 is 4.79 Å². The van der Waals surface area contributed by atoms with Crippen LogP contribution in [0, 0.1) is 0 Å². The molecule has 3 N–H and O–H groups in total. The number of nitrogens with zero attached hydrogens (tertiary/aromatic N) is 2. The molecule has 0 saturated heterocycles. The van der Waals surface area contributed by atoms with Crippen LogP contribution in [0.4, 0.5) is 17.1 Å². The summed E-state index contributed by atoms with van der Waals surface area (Å²) in [5.41, 5.74) is 4.18. The van der Waals surface area contributed by atoms with Gasteiger partial charge in [-0.05, 0) is 30.3 Å². The van der Waals surface area contributed by atoms with Crippen molar-refractivity contribution in [2.45, 2.75) is 6.42 Å². The number of amidine groups is 1. The smallest absolute Gasteiger partial charge is 0.239 e. The summed E-state index contributed by atoms with van der Waals surface area (Å²) in [6.07, 6.45) is 0.0357. The molecule has 112 valence electrons. The molecule has 0 radical (unpaired) electrons. The third-order valence-corrected chi connectivity index (χ3v) is 3.82. The Labute approximate surface area is 137 Å². The van der Waals surface area contributed by atoms with Gasteiger partial charge >= 0.3 is 0 Å². The van der Waals surface area contributed by atoms with E-state index < -0.39 is 0 Å². The molecular formula is C15H12Cl2N4O. The summed E-state index contributed by atoms with van der Waals surface area (Å²) in [6.45, 7) is 0. The number of hydrazine groups is 1. The number of anilines is 2. The first-order chi connectivity index (χ1) is 10.6. The Morgan fingerprint density at radius 3 is 2.64 bits per heavy atom. The number of aliphatic imine (C=N–C) groups is 1. The van der Waals surface area contributed by atoms with Crippen LogP contribution in [0.5, 0.6) is 0 Å². The number of halogens is 2. The number of rotatable bonds is 1. The highest BCUT2D eigenvalue weighted by atomic mass is 35.5. The zero-order valence-electron chi connectivity index (χ0n) is 11.4. The van der Waals surface area contributed by atoms with E-state index in [2.05, 4.69) is 10.4 Å². The number of carbonyl (C=O) groups excluding carboxylic acids is 1. The lowest BCUT2D eigenvalue weighted by atomic mass is 10.2. The maximum atomic E-state index is 12.7. The highest BCUT2D eigenvalue weighted by Crippen LogP contribution is 2.40. The number of benzene rings is 2. The maximum Gasteiger partial charge on any atom is 0.239 e. The van der Waals surface area contributed by atoms with Crippen molar-refractivity contribution in [3.8, 4) is 0 Å². The molecule has 2 aromatic carbocycles. The van der Waals surface area contributed by atoms with Crippen LogP contribution in [0.15, 0.2) is 47.5 Å². The van der Waals surface area contributed by atoms with E-state index in [1.165, 1.54) is 4.90 Å². The molecule has 5 nitrogen and oxygen atoms in total. The van der Waals surface area contributed by atoms with Crippen molar-refractivity contribution in [3.63, 3.8) is 0 Å². The standard InChI is InChI=1S/C15H12Cl2N4O/c16-9-5-6-11-13(7-9)21(12-4-2-1-3-10(12)17)15(22)8-14(19-11)20-18/h1-7H,8,18H2,(H,19,20). The van der Waals surface area contributed by atoms with Gasteiger partial charge in [0.2, 0.25) is 5.91 Å². The molecule has 0 fully saturated rings. The number of nitrogens with one attached hydrogen (secondary N) is 1. The average Bonchev–Trinajstić information content (AvgIpc) is 2.64. The van der Waals surface area contributed by atoms with Gasteiger partial charge in [-0.2, -0.15) is 0 Å². The Morgan fingerprint density at radius 2 is 1.91 bits per heavy atom. The Hall–Kier alpha value is -2.08. The molecule has 3 rings (SSSR count). The summed E-state index contributed by atoms with van der Waals surface area (Å²) in [6, 6.07) is 12.2. The molecule has 0 unspecified atom stereocenters. The number of para-hydroxylation sites is 1. The predicted molar refractivity (Wildman–Crippen MR) is 89.1 cm³/mol.